The van der Waals surface area contributed by atoms with Crippen molar-refractivity contribution in [2.24, 2.45) is 0 Å². The predicted octanol–water partition coefficient (Wildman–Crippen LogP) is 2.69. The molecule has 106 valence electrons. The molecular weight excluding hydrogens is 303 g/mol. The van der Waals surface area contributed by atoms with Gasteiger partial charge < -0.3 is 0 Å². The van der Waals surface area contributed by atoms with E-state index in [4.69, 9.17) is 23.2 Å². The molecule has 1 heterocycles. The van der Waals surface area contributed by atoms with Crippen molar-refractivity contribution in [3.8, 4) is 0 Å². The van der Waals surface area contributed by atoms with E-state index in [0.717, 1.165) is 9.80 Å². The minimum absolute atomic E-state index is 0.0104. The molecule has 20 heavy (non-hydrogen) atoms. The summed E-state index contributed by atoms with van der Waals surface area (Å²) in [5, 5.41) is 0.713. The molecule has 0 aliphatic carbocycles. The van der Waals surface area contributed by atoms with Crippen LogP contribution in [0.25, 0.3) is 0 Å². The first-order valence-corrected chi connectivity index (χ1v) is 6.71. The zero-order valence-electron chi connectivity index (χ0n) is 10.9. The number of hydrogen-bond acceptors (Lipinski definition) is 3. The van der Waals surface area contributed by atoms with Crippen molar-refractivity contribution < 1.29 is 14.4 Å². The second-order valence-electron chi connectivity index (χ2n) is 4.69. The minimum Gasteiger partial charge on any atom is -0.263 e. The van der Waals surface area contributed by atoms with Gasteiger partial charge in [0, 0.05) is 6.04 Å². The third-order valence-corrected chi connectivity index (χ3v) is 3.66. The standard InChI is InChI=1S/C13H12Cl2N2O3/c1-7(2)17-12(19)11(18)16(13(17)20)6-8-3-4-9(14)10(15)5-8/h3-5,7H,6H2,1-2H3. The first-order chi connectivity index (χ1) is 9.32. The molecule has 5 nitrogen and oxygen atoms in total. The topological polar surface area (TPSA) is 57.7 Å². The predicted molar refractivity (Wildman–Crippen MR) is 74.4 cm³/mol. The zero-order valence-corrected chi connectivity index (χ0v) is 12.4. The number of halogens is 2. The van der Waals surface area contributed by atoms with Crippen LogP contribution < -0.4 is 0 Å². The molecular formula is C13H12Cl2N2O3. The van der Waals surface area contributed by atoms with Crippen LogP contribution in [0.15, 0.2) is 18.2 Å². The number of nitrogens with zero attached hydrogens (tertiary/aromatic N) is 2. The molecule has 1 fully saturated rings. The van der Waals surface area contributed by atoms with Crippen LogP contribution in [-0.4, -0.2) is 33.7 Å². The van der Waals surface area contributed by atoms with E-state index >= 15 is 0 Å². The highest BCUT2D eigenvalue weighted by atomic mass is 35.5. The number of carbonyl (C=O) groups excluding carboxylic acids is 3. The van der Waals surface area contributed by atoms with E-state index in [9.17, 15) is 14.4 Å². The summed E-state index contributed by atoms with van der Waals surface area (Å²) in [6, 6.07) is 3.81. The molecule has 0 saturated carbocycles. The molecule has 1 aliphatic rings. The molecule has 0 unspecified atom stereocenters. The highest BCUT2D eigenvalue weighted by Crippen LogP contribution is 2.25. The van der Waals surface area contributed by atoms with Crippen molar-refractivity contribution >= 4 is 41.0 Å². The van der Waals surface area contributed by atoms with Crippen LogP contribution in [0.5, 0.6) is 0 Å². The van der Waals surface area contributed by atoms with Gasteiger partial charge in [-0.2, -0.15) is 0 Å². The maximum absolute atomic E-state index is 12.1. The molecule has 1 aliphatic heterocycles. The molecule has 1 saturated heterocycles. The fourth-order valence-electron chi connectivity index (χ4n) is 1.94. The normalized spacial score (nSPS) is 15.8. The number of urea groups is 1. The Morgan fingerprint density at radius 2 is 1.70 bits per heavy atom. The van der Waals surface area contributed by atoms with Crippen LogP contribution in [0.4, 0.5) is 4.79 Å². The largest absolute Gasteiger partial charge is 0.334 e. The Morgan fingerprint density at radius 1 is 1.05 bits per heavy atom. The lowest BCUT2D eigenvalue weighted by Gasteiger charge is -2.18. The van der Waals surface area contributed by atoms with Crippen LogP contribution in [-0.2, 0) is 16.1 Å². The highest BCUT2D eigenvalue weighted by molar-refractivity contribution is 6.44. The van der Waals surface area contributed by atoms with Gasteiger partial charge in [-0.1, -0.05) is 29.3 Å². The highest BCUT2D eigenvalue weighted by Gasteiger charge is 2.45. The maximum Gasteiger partial charge on any atom is 0.334 e. The Labute approximate surface area is 126 Å². The van der Waals surface area contributed by atoms with Crippen molar-refractivity contribution in [3.63, 3.8) is 0 Å². The van der Waals surface area contributed by atoms with E-state index in [0.29, 0.717) is 15.6 Å². The molecule has 7 heteroatoms. The molecule has 0 radical (unpaired) electrons. The Balaban J connectivity index is 2.25. The van der Waals surface area contributed by atoms with Crippen molar-refractivity contribution in [1.82, 2.24) is 9.80 Å². The number of imide groups is 2. The van der Waals surface area contributed by atoms with Gasteiger partial charge in [0.05, 0.1) is 16.6 Å². The van der Waals surface area contributed by atoms with E-state index in [-0.39, 0.29) is 12.6 Å². The van der Waals surface area contributed by atoms with Crippen molar-refractivity contribution in [2.45, 2.75) is 26.4 Å². The SMILES string of the molecule is CC(C)N1C(=O)C(=O)N(Cc2ccc(Cl)c(Cl)c2)C1=O. The number of carbonyl (C=O) groups is 3. The van der Waals surface area contributed by atoms with Crippen LogP contribution in [0.3, 0.4) is 0 Å². The fraction of sp³-hybridized carbons (Fsp3) is 0.308. The Morgan fingerprint density at radius 3 is 2.20 bits per heavy atom. The molecule has 2 rings (SSSR count). The summed E-state index contributed by atoms with van der Waals surface area (Å²) in [4.78, 5) is 37.5. The second kappa shape index (κ2) is 5.42. The van der Waals surface area contributed by atoms with Gasteiger partial charge >= 0.3 is 17.8 Å². The summed E-state index contributed by atoms with van der Waals surface area (Å²) in [6.45, 7) is 3.33. The number of amides is 4. The first-order valence-electron chi connectivity index (χ1n) is 5.96. The van der Waals surface area contributed by atoms with E-state index < -0.39 is 17.8 Å². The zero-order chi connectivity index (χ0) is 15.0. The Bertz CT molecular complexity index is 601. The molecule has 1 aromatic rings. The first kappa shape index (κ1) is 14.8. The van der Waals surface area contributed by atoms with E-state index in [2.05, 4.69) is 0 Å². The molecule has 0 N–H and O–H groups in total. The third kappa shape index (κ3) is 2.51. The second-order valence-corrected chi connectivity index (χ2v) is 5.51. The average Bonchev–Trinajstić information content (AvgIpc) is 2.58. The smallest absolute Gasteiger partial charge is 0.263 e. The van der Waals surface area contributed by atoms with Gasteiger partial charge in [-0.05, 0) is 31.5 Å². The van der Waals surface area contributed by atoms with Crippen LogP contribution in [0, 0.1) is 0 Å². The van der Waals surface area contributed by atoms with E-state index in [1.54, 1.807) is 32.0 Å². The number of hydrogen-bond donors (Lipinski definition) is 0. The minimum atomic E-state index is -0.824. The third-order valence-electron chi connectivity index (χ3n) is 2.92. The van der Waals surface area contributed by atoms with Gasteiger partial charge in [0.15, 0.2) is 0 Å². The van der Waals surface area contributed by atoms with E-state index in [1.165, 1.54) is 0 Å². The van der Waals surface area contributed by atoms with Gasteiger partial charge in [0.25, 0.3) is 0 Å². The van der Waals surface area contributed by atoms with Gasteiger partial charge in [0.1, 0.15) is 0 Å². The quantitative estimate of drug-likeness (QED) is 0.636. The van der Waals surface area contributed by atoms with Gasteiger partial charge in [-0.15, -0.1) is 0 Å². The van der Waals surface area contributed by atoms with Crippen LogP contribution in [0.2, 0.25) is 10.0 Å². The summed E-state index contributed by atoms with van der Waals surface area (Å²) >= 11 is 11.7. The summed E-state index contributed by atoms with van der Waals surface area (Å²) < 4.78 is 0. The lowest BCUT2D eigenvalue weighted by atomic mass is 10.2. The summed E-state index contributed by atoms with van der Waals surface area (Å²) in [5.41, 5.74) is 0.625. The van der Waals surface area contributed by atoms with Crippen molar-refractivity contribution in [2.75, 3.05) is 0 Å². The monoisotopic (exact) mass is 314 g/mol. The summed E-state index contributed by atoms with van der Waals surface area (Å²) in [5.74, 6) is -1.63. The Hall–Kier alpha value is -1.59. The molecule has 0 aromatic heterocycles. The molecule has 0 atom stereocenters. The summed E-state index contributed by atoms with van der Waals surface area (Å²) in [7, 11) is 0. The van der Waals surface area contributed by atoms with Crippen LogP contribution >= 0.6 is 23.2 Å². The maximum atomic E-state index is 12.1. The lowest BCUT2D eigenvalue weighted by molar-refractivity contribution is -0.144. The van der Waals surface area contributed by atoms with Crippen molar-refractivity contribution in [1.29, 1.82) is 0 Å². The van der Waals surface area contributed by atoms with Gasteiger partial charge in [-0.3, -0.25) is 19.4 Å². The van der Waals surface area contributed by atoms with Crippen LogP contribution in [0.1, 0.15) is 19.4 Å². The van der Waals surface area contributed by atoms with E-state index in [1.807, 2.05) is 0 Å². The fourth-order valence-corrected chi connectivity index (χ4v) is 2.26. The van der Waals surface area contributed by atoms with Gasteiger partial charge in [-0.25, -0.2) is 4.79 Å². The Kier molecular flexibility index (Phi) is 4.01. The molecule has 4 amide bonds. The average molecular weight is 315 g/mol. The van der Waals surface area contributed by atoms with Crippen molar-refractivity contribution in [3.05, 3.63) is 33.8 Å². The lowest BCUT2D eigenvalue weighted by Crippen LogP contribution is -2.37. The summed E-state index contributed by atoms with van der Waals surface area (Å²) in [6.07, 6.45) is 0. The molecule has 0 bridgehead atoms. The van der Waals surface area contributed by atoms with Gasteiger partial charge in [0.2, 0.25) is 0 Å². The number of benzene rings is 1. The number of rotatable bonds is 3. The molecule has 1 aromatic carbocycles. The molecule has 0 spiro atoms.